The zero-order chi connectivity index (χ0) is 10.2. The van der Waals surface area contributed by atoms with Gasteiger partial charge in [0, 0.05) is 4.48 Å². The Morgan fingerprint density at radius 3 is 2.86 bits per heavy atom. The van der Waals surface area contributed by atoms with Crippen molar-refractivity contribution in [3.8, 4) is 0 Å². The predicted molar refractivity (Wildman–Crippen MR) is 67.6 cm³/mol. The monoisotopic (exact) mass is 254 g/mol. The maximum atomic E-state index is 3.73. The fourth-order valence-electron chi connectivity index (χ4n) is 1.68. The average Bonchev–Trinajstić information content (AvgIpc) is 2.20. The average molecular weight is 255 g/mol. The van der Waals surface area contributed by atoms with Crippen molar-refractivity contribution in [2.45, 2.75) is 44.9 Å². The highest BCUT2D eigenvalue weighted by Gasteiger charge is 2.05. The Morgan fingerprint density at radius 2 is 2.14 bits per heavy atom. The van der Waals surface area contributed by atoms with Gasteiger partial charge in [0.05, 0.1) is 0 Å². The van der Waals surface area contributed by atoms with Gasteiger partial charge >= 0.3 is 0 Å². The van der Waals surface area contributed by atoms with E-state index in [9.17, 15) is 0 Å². The molecule has 14 heavy (non-hydrogen) atoms. The molecule has 0 fully saturated rings. The Kier molecular flexibility index (Phi) is 5.93. The normalized spacial score (nSPS) is 19.5. The van der Waals surface area contributed by atoms with Crippen LogP contribution in [0.1, 0.15) is 44.9 Å². The van der Waals surface area contributed by atoms with Crippen molar-refractivity contribution >= 4 is 15.9 Å². The van der Waals surface area contributed by atoms with Crippen LogP contribution in [0.2, 0.25) is 0 Å². The molecule has 0 saturated heterocycles. The van der Waals surface area contributed by atoms with Gasteiger partial charge in [0.1, 0.15) is 0 Å². The van der Waals surface area contributed by atoms with Gasteiger partial charge in [0.15, 0.2) is 0 Å². The van der Waals surface area contributed by atoms with Crippen LogP contribution in [0.25, 0.3) is 0 Å². The van der Waals surface area contributed by atoms with Crippen LogP contribution in [0.3, 0.4) is 0 Å². The molecule has 0 bridgehead atoms. The van der Waals surface area contributed by atoms with Gasteiger partial charge in [-0.15, -0.1) is 6.58 Å². The van der Waals surface area contributed by atoms with Gasteiger partial charge in [0.2, 0.25) is 0 Å². The van der Waals surface area contributed by atoms with E-state index in [4.69, 9.17) is 0 Å². The van der Waals surface area contributed by atoms with E-state index >= 15 is 0 Å². The Hall–Kier alpha value is -0.300. The third-order valence-electron chi connectivity index (χ3n) is 2.53. The molecule has 0 atom stereocenters. The molecule has 0 radical (unpaired) electrons. The van der Waals surface area contributed by atoms with Gasteiger partial charge < -0.3 is 0 Å². The maximum Gasteiger partial charge on any atom is 0.0164 e. The lowest BCUT2D eigenvalue weighted by molar-refractivity contribution is 0.751. The minimum atomic E-state index is 1.15. The molecule has 0 spiro atoms. The molecule has 1 rings (SSSR count). The van der Waals surface area contributed by atoms with E-state index < -0.39 is 0 Å². The van der Waals surface area contributed by atoms with Gasteiger partial charge in [-0.2, -0.15) is 0 Å². The molecule has 0 aromatic rings. The van der Waals surface area contributed by atoms with Crippen molar-refractivity contribution in [3.05, 3.63) is 34.9 Å². The second-order valence-corrected chi connectivity index (χ2v) is 4.60. The lowest BCUT2D eigenvalue weighted by atomic mass is 10.0. The van der Waals surface area contributed by atoms with Crippen molar-refractivity contribution in [1.82, 2.24) is 0 Å². The van der Waals surface area contributed by atoms with Crippen molar-refractivity contribution < 1.29 is 0 Å². The molecule has 1 aliphatic rings. The quantitative estimate of drug-likeness (QED) is 0.472. The predicted octanol–water partition coefficient (Wildman–Crippen LogP) is 5.12. The summed E-state index contributed by atoms with van der Waals surface area (Å²) in [7, 11) is 0. The molecule has 0 aromatic heterocycles. The van der Waals surface area contributed by atoms with Crippen molar-refractivity contribution in [2.24, 2.45) is 0 Å². The van der Waals surface area contributed by atoms with E-state index in [-0.39, 0.29) is 0 Å². The number of rotatable bonds is 5. The highest BCUT2D eigenvalue weighted by atomic mass is 79.9. The van der Waals surface area contributed by atoms with E-state index in [1.807, 2.05) is 6.08 Å². The third-order valence-corrected chi connectivity index (χ3v) is 3.37. The molecule has 0 N–H and O–H groups in total. The zero-order valence-corrected chi connectivity index (χ0v) is 10.4. The summed E-state index contributed by atoms with van der Waals surface area (Å²) in [5.74, 6) is 0. The number of halogens is 1. The summed E-state index contributed by atoms with van der Waals surface area (Å²) in [6.07, 6.45) is 15.4. The Bertz CT molecular complexity index is 236. The minimum absolute atomic E-state index is 1.15. The van der Waals surface area contributed by atoms with Crippen LogP contribution in [0.5, 0.6) is 0 Å². The van der Waals surface area contributed by atoms with Gasteiger partial charge in [0.25, 0.3) is 0 Å². The molecule has 78 valence electrons. The van der Waals surface area contributed by atoms with Crippen LogP contribution in [-0.4, -0.2) is 0 Å². The Labute approximate surface area is 95.9 Å². The van der Waals surface area contributed by atoms with E-state index in [1.165, 1.54) is 48.6 Å². The van der Waals surface area contributed by atoms with Crippen molar-refractivity contribution in [3.63, 3.8) is 0 Å². The van der Waals surface area contributed by atoms with Gasteiger partial charge in [-0.25, -0.2) is 0 Å². The molecular weight excluding hydrogens is 236 g/mol. The molecule has 0 nitrogen and oxygen atoms in total. The fourth-order valence-corrected chi connectivity index (χ4v) is 2.27. The number of hydrogen-bond donors (Lipinski definition) is 0. The molecule has 0 aliphatic heterocycles. The molecular formula is C13H19Br. The number of hydrogen-bond acceptors (Lipinski definition) is 0. The minimum Gasteiger partial charge on any atom is -0.103 e. The largest absolute Gasteiger partial charge is 0.103 e. The van der Waals surface area contributed by atoms with Crippen LogP contribution in [-0.2, 0) is 0 Å². The second-order valence-electron chi connectivity index (χ2n) is 3.75. The first-order valence-electron chi connectivity index (χ1n) is 5.50. The Morgan fingerprint density at radius 1 is 1.36 bits per heavy atom. The summed E-state index contributed by atoms with van der Waals surface area (Å²) in [5.41, 5.74) is 1.51. The van der Waals surface area contributed by atoms with E-state index in [2.05, 4.69) is 34.7 Å². The van der Waals surface area contributed by atoms with Crippen LogP contribution in [0.15, 0.2) is 34.9 Å². The highest BCUT2D eigenvalue weighted by molar-refractivity contribution is 9.12. The molecule has 0 saturated carbocycles. The first kappa shape index (κ1) is 11.8. The summed E-state index contributed by atoms with van der Waals surface area (Å²) in [5, 5.41) is 0. The van der Waals surface area contributed by atoms with Crippen LogP contribution >= 0.6 is 15.9 Å². The van der Waals surface area contributed by atoms with Crippen molar-refractivity contribution in [1.29, 1.82) is 0 Å². The molecule has 0 heterocycles. The van der Waals surface area contributed by atoms with Gasteiger partial charge in [-0.1, -0.05) is 34.2 Å². The third kappa shape index (κ3) is 4.28. The van der Waals surface area contributed by atoms with Crippen LogP contribution in [0, 0.1) is 0 Å². The lowest BCUT2D eigenvalue weighted by Gasteiger charge is -2.11. The first-order valence-corrected chi connectivity index (χ1v) is 6.30. The van der Waals surface area contributed by atoms with E-state index in [1.54, 1.807) is 0 Å². The summed E-state index contributed by atoms with van der Waals surface area (Å²) in [4.78, 5) is 0. The number of unbranched alkanes of at least 4 members (excludes halogenated alkanes) is 3. The van der Waals surface area contributed by atoms with Gasteiger partial charge in [-0.05, 0) is 50.5 Å². The SMILES string of the molecule is C=CCCCC/C=C1\CCCC=C1Br. The van der Waals surface area contributed by atoms with Crippen molar-refractivity contribution in [2.75, 3.05) is 0 Å². The summed E-state index contributed by atoms with van der Waals surface area (Å²) >= 11 is 3.61. The molecule has 0 unspecified atom stereocenters. The van der Waals surface area contributed by atoms with Gasteiger partial charge in [-0.3, -0.25) is 0 Å². The fraction of sp³-hybridized carbons (Fsp3) is 0.538. The van der Waals surface area contributed by atoms with E-state index in [0.29, 0.717) is 0 Å². The number of allylic oxidation sites excluding steroid dienone is 5. The lowest BCUT2D eigenvalue weighted by Crippen LogP contribution is -1.91. The zero-order valence-electron chi connectivity index (χ0n) is 8.77. The summed E-state index contributed by atoms with van der Waals surface area (Å²) in [6, 6.07) is 0. The maximum absolute atomic E-state index is 3.73. The molecule has 0 aromatic carbocycles. The molecule has 1 aliphatic carbocycles. The smallest absolute Gasteiger partial charge is 0.0164 e. The molecule has 0 amide bonds. The highest BCUT2D eigenvalue weighted by Crippen LogP contribution is 2.28. The van der Waals surface area contributed by atoms with Crippen LogP contribution in [0.4, 0.5) is 0 Å². The summed E-state index contributed by atoms with van der Waals surface area (Å²) < 4.78 is 1.33. The first-order chi connectivity index (χ1) is 6.84. The standard InChI is InChI=1S/C13H19Br/c1-2-3-4-5-6-9-12-10-7-8-11-13(12)14/h2,9,11H,1,3-8,10H2/b12-9+. The summed E-state index contributed by atoms with van der Waals surface area (Å²) in [6.45, 7) is 3.73. The molecule has 1 heteroatoms. The van der Waals surface area contributed by atoms with Crippen LogP contribution < -0.4 is 0 Å². The second kappa shape index (κ2) is 7.05. The van der Waals surface area contributed by atoms with E-state index in [0.717, 1.165) is 6.42 Å². The Balaban J connectivity index is 2.25. The topological polar surface area (TPSA) is 0 Å².